The highest BCUT2D eigenvalue weighted by atomic mass is 35.5. The maximum absolute atomic E-state index is 12.4. The van der Waals surface area contributed by atoms with Crippen molar-refractivity contribution in [3.8, 4) is 11.5 Å². The number of rotatable bonds is 6. The number of carbonyl (C=O) groups excluding carboxylic acids is 1. The van der Waals surface area contributed by atoms with Crippen molar-refractivity contribution in [2.24, 2.45) is 0 Å². The van der Waals surface area contributed by atoms with E-state index in [9.17, 15) is 9.90 Å². The fourth-order valence-corrected chi connectivity index (χ4v) is 2.94. The third-order valence-corrected chi connectivity index (χ3v) is 4.58. The lowest BCUT2D eigenvalue weighted by Gasteiger charge is -2.15. The molecule has 0 aliphatic heterocycles. The molecule has 0 fully saturated rings. The summed E-state index contributed by atoms with van der Waals surface area (Å²) in [5, 5.41) is 10.00. The Balaban J connectivity index is 2.39. The molecule has 2 aromatic carbocycles. The molecular formula is C17H16Cl2O4S. The van der Waals surface area contributed by atoms with Gasteiger partial charge >= 0.3 is 5.97 Å². The minimum atomic E-state index is -0.564. The first-order valence-corrected chi connectivity index (χ1v) is 9.12. The number of methoxy groups -OCH3 is 1. The zero-order valence-electron chi connectivity index (χ0n) is 13.1. The van der Waals surface area contributed by atoms with E-state index in [0.717, 1.165) is 5.56 Å². The van der Waals surface area contributed by atoms with E-state index in [4.69, 9.17) is 32.7 Å². The van der Waals surface area contributed by atoms with E-state index < -0.39 is 5.97 Å². The van der Waals surface area contributed by atoms with E-state index in [0.29, 0.717) is 27.8 Å². The third kappa shape index (κ3) is 4.36. The Morgan fingerprint density at radius 2 is 1.96 bits per heavy atom. The topological polar surface area (TPSA) is 55.8 Å². The summed E-state index contributed by atoms with van der Waals surface area (Å²) < 4.78 is 10.8. The number of halogens is 2. The van der Waals surface area contributed by atoms with Crippen LogP contribution in [0, 0.1) is 0 Å². The second kappa shape index (κ2) is 8.62. The van der Waals surface area contributed by atoms with Crippen LogP contribution in [0.2, 0.25) is 10.0 Å². The van der Waals surface area contributed by atoms with E-state index in [1.165, 1.54) is 19.2 Å². The number of hydrogen-bond acceptors (Lipinski definition) is 5. The summed E-state index contributed by atoms with van der Waals surface area (Å²) in [5.41, 5.74) is 1.73. The fraction of sp³-hybridized carbons (Fsp3) is 0.235. The minimum absolute atomic E-state index is 0.126. The van der Waals surface area contributed by atoms with Gasteiger partial charge in [-0.1, -0.05) is 23.2 Å². The number of benzene rings is 2. The molecule has 0 unspecified atom stereocenters. The summed E-state index contributed by atoms with van der Waals surface area (Å²) in [7, 11) is 1.48. The van der Waals surface area contributed by atoms with Gasteiger partial charge in [0.1, 0.15) is 0 Å². The molecule has 0 aromatic heterocycles. The Kier molecular flexibility index (Phi) is 6.80. The Hall–Kier alpha value is -1.40. The SMILES string of the molecule is COc1cc(CO)cc(CSC)c1OC(=O)c1ccc(Cl)c(Cl)c1. The van der Waals surface area contributed by atoms with Gasteiger partial charge in [-0.15, -0.1) is 0 Å². The van der Waals surface area contributed by atoms with Crippen molar-refractivity contribution in [2.75, 3.05) is 13.4 Å². The Morgan fingerprint density at radius 1 is 1.21 bits per heavy atom. The van der Waals surface area contributed by atoms with Crippen LogP contribution in [0.3, 0.4) is 0 Å². The molecular weight excluding hydrogens is 371 g/mol. The first kappa shape index (κ1) is 18.9. The third-order valence-electron chi connectivity index (χ3n) is 3.24. The van der Waals surface area contributed by atoms with Crippen LogP contribution in [-0.2, 0) is 12.4 Å². The van der Waals surface area contributed by atoms with Crippen LogP contribution in [0.4, 0.5) is 0 Å². The molecule has 1 N–H and O–H groups in total. The number of carbonyl (C=O) groups is 1. The van der Waals surface area contributed by atoms with Crippen LogP contribution in [0.1, 0.15) is 21.5 Å². The first-order valence-electron chi connectivity index (χ1n) is 6.97. The van der Waals surface area contributed by atoms with Crippen molar-refractivity contribution < 1.29 is 19.4 Å². The normalized spacial score (nSPS) is 10.5. The second-order valence-electron chi connectivity index (χ2n) is 4.90. The van der Waals surface area contributed by atoms with Crippen molar-refractivity contribution in [1.29, 1.82) is 0 Å². The van der Waals surface area contributed by atoms with Gasteiger partial charge < -0.3 is 14.6 Å². The van der Waals surface area contributed by atoms with Gasteiger partial charge in [-0.2, -0.15) is 11.8 Å². The molecule has 24 heavy (non-hydrogen) atoms. The molecule has 0 bridgehead atoms. The van der Waals surface area contributed by atoms with Gasteiger partial charge in [0.15, 0.2) is 11.5 Å². The first-order chi connectivity index (χ1) is 11.5. The molecule has 0 aliphatic carbocycles. The highest BCUT2D eigenvalue weighted by Gasteiger charge is 2.18. The van der Waals surface area contributed by atoms with Crippen LogP contribution >= 0.6 is 35.0 Å². The average molecular weight is 387 g/mol. The van der Waals surface area contributed by atoms with Crippen LogP contribution in [0.5, 0.6) is 11.5 Å². The molecule has 0 saturated carbocycles. The zero-order chi connectivity index (χ0) is 17.7. The second-order valence-corrected chi connectivity index (χ2v) is 6.58. The van der Waals surface area contributed by atoms with E-state index in [1.807, 2.05) is 6.26 Å². The van der Waals surface area contributed by atoms with Gasteiger partial charge in [-0.25, -0.2) is 4.79 Å². The molecule has 0 atom stereocenters. The van der Waals surface area contributed by atoms with Gasteiger partial charge in [0, 0.05) is 11.3 Å². The average Bonchev–Trinajstić information content (AvgIpc) is 2.58. The summed E-state index contributed by atoms with van der Waals surface area (Å²) >= 11 is 13.4. The maximum Gasteiger partial charge on any atom is 0.343 e. The smallest absolute Gasteiger partial charge is 0.343 e. The number of ether oxygens (including phenoxy) is 2. The zero-order valence-corrected chi connectivity index (χ0v) is 15.5. The molecule has 0 radical (unpaired) electrons. The molecule has 0 spiro atoms. The van der Waals surface area contributed by atoms with E-state index in [-0.39, 0.29) is 17.2 Å². The van der Waals surface area contributed by atoms with Crippen LogP contribution in [0.25, 0.3) is 0 Å². The van der Waals surface area contributed by atoms with Gasteiger partial charge in [-0.3, -0.25) is 0 Å². The van der Waals surface area contributed by atoms with Gasteiger partial charge in [-0.05, 0) is 42.2 Å². The van der Waals surface area contributed by atoms with Gasteiger partial charge in [0.2, 0.25) is 0 Å². The molecule has 0 amide bonds. The van der Waals surface area contributed by atoms with Gasteiger partial charge in [0.05, 0.1) is 29.3 Å². The van der Waals surface area contributed by atoms with Crippen LogP contribution < -0.4 is 9.47 Å². The van der Waals surface area contributed by atoms with E-state index in [1.54, 1.807) is 30.0 Å². The summed E-state index contributed by atoms with van der Waals surface area (Å²) in [5.74, 6) is 0.763. The highest BCUT2D eigenvalue weighted by Crippen LogP contribution is 2.35. The highest BCUT2D eigenvalue weighted by molar-refractivity contribution is 7.97. The summed E-state index contributed by atoms with van der Waals surface area (Å²) in [4.78, 5) is 12.4. The van der Waals surface area contributed by atoms with E-state index >= 15 is 0 Å². The number of thioether (sulfide) groups is 1. The predicted molar refractivity (Wildman–Crippen MR) is 97.6 cm³/mol. The molecule has 7 heteroatoms. The Labute approximate surface area is 154 Å². The summed E-state index contributed by atoms with van der Waals surface area (Å²) in [6.45, 7) is -0.126. The lowest BCUT2D eigenvalue weighted by molar-refractivity contribution is 0.0728. The van der Waals surface area contributed by atoms with Crippen molar-refractivity contribution in [1.82, 2.24) is 0 Å². The molecule has 0 saturated heterocycles. The van der Waals surface area contributed by atoms with Crippen molar-refractivity contribution in [3.05, 3.63) is 57.1 Å². The number of aliphatic hydroxyl groups excluding tert-OH is 1. The number of hydrogen-bond donors (Lipinski definition) is 1. The molecule has 128 valence electrons. The molecule has 2 rings (SSSR count). The fourth-order valence-electron chi connectivity index (χ4n) is 2.12. The number of esters is 1. The lowest BCUT2D eigenvalue weighted by Crippen LogP contribution is -2.11. The summed E-state index contributed by atoms with van der Waals surface area (Å²) in [6, 6.07) is 7.96. The van der Waals surface area contributed by atoms with Crippen LogP contribution in [0.15, 0.2) is 30.3 Å². The van der Waals surface area contributed by atoms with E-state index in [2.05, 4.69) is 0 Å². The quantitative estimate of drug-likeness (QED) is 0.581. The molecule has 4 nitrogen and oxygen atoms in total. The Morgan fingerprint density at radius 3 is 2.54 bits per heavy atom. The van der Waals surface area contributed by atoms with Gasteiger partial charge in [0.25, 0.3) is 0 Å². The predicted octanol–water partition coefficient (Wildman–Crippen LogP) is 4.58. The standard InChI is InChI=1S/C17H16Cl2O4S/c1-22-15-6-10(8-20)5-12(9-24-2)16(15)23-17(21)11-3-4-13(18)14(19)7-11/h3-7,20H,8-9H2,1-2H3. The molecule has 2 aromatic rings. The largest absolute Gasteiger partial charge is 0.493 e. The molecule has 0 aliphatic rings. The van der Waals surface area contributed by atoms with Crippen molar-refractivity contribution in [3.63, 3.8) is 0 Å². The van der Waals surface area contributed by atoms with Crippen molar-refractivity contribution in [2.45, 2.75) is 12.4 Å². The lowest BCUT2D eigenvalue weighted by atomic mass is 10.1. The monoisotopic (exact) mass is 386 g/mol. The van der Waals surface area contributed by atoms with Crippen LogP contribution in [-0.4, -0.2) is 24.4 Å². The molecule has 0 heterocycles. The number of aliphatic hydroxyl groups is 1. The minimum Gasteiger partial charge on any atom is -0.493 e. The summed E-state index contributed by atoms with van der Waals surface area (Å²) in [6.07, 6.45) is 1.93. The van der Waals surface area contributed by atoms with Crippen molar-refractivity contribution >= 4 is 40.9 Å². The Bertz CT molecular complexity index is 750. The maximum atomic E-state index is 12.4.